The average Bonchev–Trinajstić information content (AvgIpc) is 3.54. The molecule has 2 aromatic rings. The fourth-order valence-electron chi connectivity index (χ4n) is 7.00. The molecule has 2 aromatic carbocycles. The van der Waals surface area contributed by atoms with E-state index in [-0.39, 0.29) is 24.3 Å². The summed E-state index contributed by atoms with van der Waals surface area (Å²) in [6, 6.07) is 15.7. The topological polar surface area (TPSA) is 101 Å². The van der Waals surface area contributed by atoms with Crippen molar-refractivity contribution in [3.8, 4) is 0 Å². The van der Waals surface area contributed by atoms with Crippen LogP contribution in [0.1, 0.15) is 37.8 Å². The highest BCUT2D eigenvalue weighted by Crippen LogP contribution is 2.65. The van der Waals surface area contributed by atoms with Crippen LogP contribution < -0.4 is 21.3 Å². The molecular weight excluding hydrogens is 432 g/mol. The van der Waals surface area contributed by atoms with E-state index in [1.54, 1.807) is 0 Å². The molecular formula is C26H30N4O4. The molecule has 8 heteroatoms. The number of anilines is 2. The monoisotopic (exact) mass is 462 g/mol. The normalized spacial score (nSPS) is 34.3. The molecule has 6 atom stereocenters. The minimum atomic E-state index is -0.500. The van der Waals surface area contributed by atoms with Crippen LogP contribution in [0.2, 0.25) is 0 Å². The number of ether oxygens (including phenoxy) is 2. The van der Waals surface area contributed by atoms with E-state index in [9.17, 15) is 9.59 Å². The van der Waals surface area contributed by atoms with Crippen molar-refractivity contribution in [1.82, 2.24) is 10.6 Å². The quantitative estimate of drug-likeness (QED) is 0.502. The smallest absolute Gasteiger partial charge is 0.323 e. The molecule has 8 nitrogen and oxygen atoms in total. The highest BCUT2D eigenvalue weighted by atomic mass is 16.5. The standard InChI is InChI=1S/C26H30N4O4/c1-3-33-21(31)19-13-25(15-9-5-7-11-17(15)27-23(25)29-19)26-14-20(22(32)34-4-2)30-24(26)28-18-12-8-6-10-16(18)26/h5-12,19-20,23-24,27-30H,3-4,13-14H2,1-2H3/t19-,20-,23+,24+,25-,26-/m0/s1. The summed E-state index contributed by atoms with van der Waals surface area (Å²) in [5, 5.41) is 14.4. The lowest BCUT2D eigenvalue weighted by molar-refractivity contribution is -0.146. The molecule has 0 unspecified atom stereocenters. The molecule has 2 saturated heterocycles. The summed E-state index contributed by atoms with van der Waals surface area (Å²) in [7, 11) is 0. The Hall–Kier alpha value is -3.10. The molecule has 0 aliphatic carbocycles. The molecule has 0 bridgehead atoms. The molecule has 0 aromatic heterocycles. The zero-order chi connectivity index (χ0) is 23.5. The highest BCUT2D eigenvalue weighted by Gasteiger charge is 2.72. The van der Waals surface area contributed by atoms with Gasteiger partial charge >= 0.3 is 11.9 Å². The summed E-state index contributed by atoms with van der Waals surface area (Å²) in [4.78, 5) is 25.8. The second-order valence-corrected chi connectivity index (χ2v) is 9.54. The number of benzene rings is 2. The van der Waals surface area contributed by atoms with Gasteiger partial charge in [-0.2, -0.15) is 0 Å². The molecule has 0 saturated carbocycles. The van der Waals surface area contributed by atoms with Crippen molar-refractivity contribution in [3.05, 3.63) is 59.7 Å². The number of hydrogen-bond acceptors (Lipinski definition) is 8. The number of hydrogen-bond donors (Lipinski definition) is 4. The Balaban J connectivity index is 1.55. The summed E-state index contributed by atoms with van der Waals surface area (Å²) in [5.74, 6) is -0.480. The number of para-hydroxylation sites is 2. The molecule has 4 aliphatic heterocycles. The van der Waals surface area contributed by atoms with Gasteiger partial charge < -0.3 is 20.1 Å². The molecule has 34 heavy (non-hydrogen) atoms. The number of fused-ring (bicyclic) bond motifs is 7. The van der Waals surface area contributed by atoms with E-state index in [2.05, 4.69) is 45.5 Å². The van der Waals surface area contributed by atoms with Crippen molar-refractivity contribution in [2.75, 3.05) is 23.8 Å². The summed E-state index contributed by atoms with van der Waals surface area (Å²) in [6.07, 6.45) is 0.726. The second-order valence-electron chi connectivity index (χ2n) is 9.54. The van der Waals surface area contributed by atoms with E-state index in [4.69, 9.17) is 9.47 Å². The molecule has 4 heterocycles. The Labute approximate surface area is 198 Å². The molecule has 0 spiro atoms. The summed E-state index contributed by atoms with van der Waals surface area (Å²) in [5.41, 5.74) is 3.43. The maximum absolute atomic E-state index is 12.9. The second kappa shape index (κ2) is 7.71. The number of nitrogens with one attached hydrogen (secondary N) is 4. The predicted octanol–water partition coefficient (Wildman–Crippen LogP) is 2.22. The minimum Gasteiger partial charge on any atom is -0.465 e. The van der Waals surface area contributed by atoms with Gasteiger partial charge in [-0.3, -0.25) is 20.2 Å². The van der Waals surface area contributed by atoms with Gasteiger partial charge in [-0.15, -0.1) is 0 Å². The van der Waals surface area contributed by atoms with Gasteiger partial charge in [0.1, 0.15) is 12.1 Å². The van der Waals surface area contributed by atoms with Crippen LogP contribution in [0.25, 0.3) is 0 Å². The van der Waals surface area contributed by atoms with Crippen LogP contribution in [-0.4, -0.2) is 49.6 Å². The third-order valence-electron chi connectivity index (χ3n) is 8.13. The summed E-state index contributed by atoms with van der Waals surface area (Å²) < 4.78 is 10.8. The molecule has 2 fully saturated rings. The van der Waals surface area contributed by atoms with Gasteiger partial charge in [-0.25, -0.2) is 0 Å². The first-order chi connectivity index (χ1) is 16.5. The lowest BCUT2D eigenvalue weighted by Crippen LogP contribution is -2.59. The van der Waals surface area contributed by atoms with Crippen LogP contribution in [-0.2, 0) is 29.9 Å². The van der Waals surface area contributed by atoms with Gasteiger partial charge in [0.05, 0.1) is 25.5 Å². The van der Waals surface area contributed by atoms with Crippen molar-refractivity contribution in [2.45, 2.75) is 61.9 Å². The summed E-state index contributed by atoms with van der Waals surface area (Å²) in [6.45, 7) is 4.33. The van der Waals surface area contributed by atoms with E-state index in [1.165, 1.54) is 0 Å². The summed E-state index contributed by atoms with van der Waals surface area (Å²) >= 11 is 0. The van der Waals surface area contributed by atoms with Crippen LogP contribution in [0.4, 0.5) is 11.4 Å². The molecule has 178 valence electrons. The maximum Gasteiger partial charge on any atom is 0.323 e. The zero-order valence-electron chi connectivity index (χ0n) is 19.4. The Morgan fingerprint density at radius 3 is 1.59 bits per heavy atom. The largest absolute Gasteiger partial charge is 0.465 e. The molecule has 6 rings (SSSR count). The molecule has 4 N–H and O–H groups in total. The average molecular weight is 463 g/mol. The lowest BCUT2D eigenvalue weighted by Gasteiger charge is -2.47. The van der Waals surface area contributed by atoms with Crippen LogP contribution in [0.15, 0.2) is 48.5 Å². The van der Waals surface area contributed by atoms with Crippen LogP contribution in [0.3, 0.4) is 0 Å². The zero-order valence-corrected chi connectivity index (χ0v) is 19.4. The van der Waals surface area contributed by atoms with E-state index in [1.807, 2.05) is 38.1 Å². The molecule has 0 radical (unpaired) electrons. The third kappa shape index (κ3) is 2.66. The van der Waals surface area contributed by atoms with Crippen LogP contribution in [0.5, 0.6) is 0 Å². The number of carbonyl (C=O) groups excluding carboxylic acids is 2. The SMILES string of the molecule is CCOC(=O)[C@@H]1C[C@]2([C@]34C[C@@H](C(=O)OCC)N[C@H]3Nc3ccccc34)c3ccccc3N[C@@H]2N1. The van der Waals surface area contributed by atoms with Crippen molar-refractivity contribution in [2.24, 2.45) is 0 Å². The van der Waals surface area contributed by atoms with Gasteiger partial charge in [-0.05, 0) is 49.9 Å². The van der Waals surface area contributed by atoms with Crippen LogP contribution in [0, 0.1) is 0 Å². The lowest BCUT2D eigenvalue weighted by atomic mass is 9.54. The van der Waals surface area contributed by atoms with Gasteiger partial charge in [0, 0.05) is 22.2 Å². The van der Waals surface area contributed by atoms with E-state index in [0.29, 0.717) is 26.1 Å². The Kier molecular flexibility index (Phi) is 4.86. The van der Waals surface area contributed by atoms with Gasteiger partial charge in [0.15, 0.2) is 0 Å². The first kappa shape index (κ1) is 21.4. The third-order valence-corrected chi connectivity index (χ3v) is 8.13. The van der Waals surface area contributed by atoms with E-state index >= 15 is 0 Å². The Morgan fingerprint density at radius 1 is 0.765 bits per heavy atom. The van der Waals surface area contributed by atoms with Gasteiger partial charge in [0.25, 0.3) is 0 Å². The maximum atomic E-state index is 12.9. The van der Waals surface area contributed by atoms with Crippen molar-refractivity contribution in [3.63, 3.8) is 0 Å². The van der Waals surface area contributed by atoms with E-state index in [0.717, 1.165) is 22.5 Å². The van der Waals surface area contributed by atoms with Crippen molar-refractivity contribution >= 4 is 23.3 Å². The van der Waals surface area contributed by atoms with Crippen LogP contribution >= 0.6 is 0 Å². The van der Waals surface area contributed by atoms with Crippen molar-refractivity contribution in [1.29, 1.82) is 0 Å². The van der Waals surface area contributed by atoms with Gasteiger partial charge in [-0.1, -0.05) is 36.4 Å². The molecule has 4 aliphatic rings. The minimum absolute atomic E-state index is 0.197. The number of esters is 2. The first-order valence-electron chi connectivity index (χ1n) is 12.1. The Bertz CT molecular complexity index is 1070. The highest BCUT2D eigenvalue weighted by molar-refractivity contribution is 5.82. The predicted molar refractivity (Wildman–Crippen MR) is 127 cm³/mol. The van der Waals surface area contributed by atoms with Crippen molar-refractivity contribution < 1.29 is 19.1 Å². The van der Waals surface area contributed by atoms with E-state index < -0.39 is 22.9 Å². The number of carbonyl (C=O) groups is 2. The first-order valence-corrected chi connectivity index (χ1v) is 12.1. The molecule has 0 amide bonds. The number of rotatable bonds is 5. The Morgan fingerprint density at radius 2 is 1.18 bits per heavy atom. The van der Waals surface area contributed by atoms with Gasteiger partial charge in [0.2, 0.25) is 0 Å². The fraction of sp³-hybridized carbons (Fsp3) is 0.462. The fourth-order valence-corrected chi connectivity index (χ4v) is 7.00.